The Morgan fingerprint density at radius 1 is 1.00 bits per heavy atom. The Labute approximate surface area is 149 Å². The van der Waals surface area contributed by atoms with Crippen molar-refractivity contribution in [3.8, 4) is 0 Å². The summed E-state index contributed by atoms with van der Waals surface area (Å²) in [4.78, 5) is 17.8. The number of imidazole rings is 1. The maximum absolute atomic E-state index is 4.78. The van der Waals surface area contributed by atoms with Crippen molar-refractivity contribution in [1.82, 2.24) is 34.8 Å². The number of fused-ring (bicyclic) bond motifs is 2. The first-order chi connectivity index (χ1) is 12.7. The molecule has 9 heteroatoms. The Morgan fingerprint density at radius 3 is 2.65 bits per heavy atom. The zero-order valence-electron chi connectivity index (χ0n) is 14.7. The minimum absolute atomic E-state index is 0.774. The molecule has 0 saturated carbocycles. The Kier molecular flexibility index (Phi) is 3.27. The number of anilines is 2. The van der Waals surface area contributed by atoms with Gasteiger partial charge >= 0.3 is 0 Å². The molecule has 0 spiro atoms. The van der Waals surface area contributed by atoms with Gasteiger partial charge in [0.25, 0.3) is 0 Å². The molecule has 1 aliphatic heterocycles. The number of aromatic amines is 1. The van der Waals surface area contributed by atoms with Gasteiger partial charge in [-0.2, -0.15) is 5.10 Å². The summed E-state index contributed by atoms with van der Waals surface area (Å²) in [6.07, 6.45) is 3.37. The number of piperazine rings is 1. The van der Waals surface area contributed by atoms with Crippen LogP contribution in [0.5, 0.6) is 0 Å². The van der Waals surface area contributed by atoms with Crippen molar-refractivity contribution >= 4 is 28.3 Å². The maximum Gasteiger partial charge on any atom is 0.160 e. The molecule has 4 aromatic heterocycles. The third kappa shape index (κ3) is 2.27. The van der Waals surface area contributed by atoms with Crippen molar-refractivity contribution in [2.24, 2.45) is 0 Å². The van der Waals surface area contributed by atoms with Crippen molar-refractivity contribution in [1.29, 1.82) is 0 Å². The molecule has 1 saturated heterocycles. The Hall–Kier alpha value is -3.23. The molecule has 9 nitrogen and oxygen atoms in total. The summed E-state index contributed by atoms with van der Waals surface area (Å²) in [7, 11) is 0. The van der Waals surface area contributed by atoms with Crippen LogP contribution in [0.2, 0.25) is 0 Å². The predicted molar refractivity (Wildman–Crippen MR) is 98.6 cm³/mol. The summed E-state index contributed by atoms with van der Waals surface area (Å²) in [5, 5.41) is 12.7. The van der Waals surface area contributed by atoms with Gasteiger partial charge in [0.05, 0.1) is 23.0 Å². The van der Waals surface area contributed by atoms with Gasteiger partial charge in [-0.25, -0.2) is 19.5 Å². The maximum atomic E-state index is 4.78. The minimum atomic E-state index is 0.774. The normalized spacial score (nSPS) is 15.3. The summed E-state index contributed by atoms with van der Waals surface area (Å²) >= 11 is 0. The summed E-state index contributed by atoms with van der Waals surface area (Å²) in [5.74, 6) is 1.92. The van der Waals surface area contributed by atoms with Crippen LogP contribution in [-0.2, 0) is 0 Å². The molecule has 1 N–H and O–H groups in total. The van der Waals surface area contributed by atoms with Crippen LogP contribution in [0.25, 0.3) is 16.7 Å². The number of hydrogen-bond donors (Lipinski definition) is 1. The number of rotatable bonds is 2. The highest BCUT2D eigenvalue weighted by atomic mass is 15.4. The van der Waals surface area contributed by atoms with Crippen LogP contribution in [0.4, 0.5) is 11.6 Å². The van der Waals surface area contributed by atoms with E-state index in [9.17, 15) is 0 Å². The van der Waals surface area contributed by atoms with Gasteiger partial charge < -0.3 is 9.80 Å². The summed E-state index contributed by atoms with van der Waals surface area (Å²) in [5.41, 5.74) is 3.78. The molecule has 132 valence electrons. The van der Waals surface area contributed by atoms with Gasteiger partial charge in [0, 0.05) is 26.2 Å². The molecule has 0 unspecified atom stereocenters. The number of hydrogen-bond acceptors (Lipinski definition) is 7. The average Bonchev–Trinajstić information content (AvgIpc) is 3.26. The second kappa shape index (κ2) is 5.65. The second-order valence-electron chi connectivity index (χ2n) is 6.55. The van der Waals surface area contributed by atoms with E-state index in [4.69, 9.17) is 5.10 Å². The fraction of sp³-hybridized carbons (Fsp3) is 0.353. The number of aryl methyl sites for hydroxylation is 2. The van der Waals surface area contributed by atoms with Crippen LogP contribution in [0.3, 0.4) is 0 Å². The van der Waals surface area contributed by atoms with E-state index < -0.39 is 0 Å². The lowest BCUT2D eigenvalue weighted by Gasteiger charge is -2.36. The molecule has 0 atom stereocenters. The third-order valence-electron chi connectivity index (χ3n) is 5.05. The second-order valence-corrected chi connectivity index (χ2v) is 6.55. The van der Waals surface area contributed by atoms with Crippen LogP contribution < -0.4 is 9.80 Å². The number of aromatic nitrogens is 7. The van der Waals surface area contributed by atoms with E-state index in [0.717, 1.165) is 65.9 Å². The molecule has 1 fully saturated rings. The molecule has 26 heavy (non-hydrogen) atoms. The summed E-state index contributed by atoms with van der Waals surface area (Å²) in [6.45, 7) is 7.58. The SMILES string of the molecule is Cc1nc2ccc(N3CCN(c4ncnc5[nH]ncc45)CC3)nn2c1C. The predicted octanol–water partition coefficient (Wildman–Crippen LogP) is 1.34. The lowest BCUT2D eigenvalue weighted by atomic mass is 10.2. The van der Waals surface area contributed by atoms with Gasteiger partial charge in [0.15, 0.2) is 11.3 Å². The molecule has 5 rings (SSSR count). The van der Waals surface area contributed by atoms with E-state index in [1.54, 1.807) is 12.5 Å². The van der Waals surface area contributed by atoms with Crippen LogP contribution in [0.1, 0.15) is 11.4 Å². The fourth-order valence-corrected chi connectivity index (χ4v) is 3.46. The van der Waals surface area contributed by atoms with E-state index in [2.05, 4.69) is 47.9 Å². The van der Waals surface area contributed by atoms with Crippen LogP contribution in [0, 0.1) is 13.8 Å². The van der Waals surface area contributed by atoms with Gasteiger partial charge in [-0.15, -0.1) is 5.10 Å². The standard InChI is InChI=1S/C17H19N9/c1-11-12(2)26-14(21-11)3-4-15(23-26)24-5-7-25(8-6-24)17-13-9-20-22-16(13)18-10-19-17/h3-4,9-10H,5-8H2,1-2H3,(H,18,19,20,22). The van der Waals surface area contributed by atoms with Crippen molar-refractivity contribution in [3.63, 3.8) is 0 Å². The highest BCUT2D eigenvalue weighted by Crippen LogP contribution is 2.23. The van der Waals surface area contributed by atoms with Gasteiger partial charge in [-0.1, -0.05) is 0 Å². The van der Waals surface area contributed by atoms with Gasteiger partial charge in [-0.3, -0.25) is 5.10 Å². The van der Waals surface area contributed by atoms with Crippen LogP contribution in [-0.4, -0.2) is 60.9 Å². The smallest absolute Gasteiger partial charge is 0.160 e. The van der Waals surface area contributed by atoms with E-state index in [1.165, 1.54) is 0 Å². The van der Waals surface area contributed by atoms with E-state index in [-0.39, 0.29) is 0 Å². The zero-order valence-corrected chi connectivity index (χ0v) is 14.7. The third-order valence-corrected chi connectivity index (χ3v) is 5.05. The van der Waals surface area contributed by atoms with Gasteiger partial charge in [-0.05, 0) is 26.0 Å². The van der Waals surface area contributed by atoms with Crippen molar-refractivity contribution in [3.05, 3.63) is 36.0 Å². The lowest BCUT2D eigenvalue weighted by molar-refractivity contribution is 0.637. The van der Waals surface area contributed by atoms with Crippen molar-refractivity contribution < 1.29 is 0 Å². The van der Waals surface area contributed by atoms with E-state index >= 15 is 0 Å². The first kappa shape index (κ1) is 15.1. The molecule has 0 radical (unpaired) electrons. The summed E-state index contributed by atoms with van der Waals surface area (Å²) < 4.78 is 1.93. The number of nitrogens with one attached hydrogen (secondary N) is 1. The first-order valence-corrected chi connectivity index (χ1v) is 8.67. The minimum Gasteiger partial charge on any atom is -0.352 e. The number of H-pyrrole nitrogens is 1. The van der Waals surface area contributed by atoms with Gasteiger partial charge in [0.1, 0.15) is 18.0 Å². The fourth-order valence-electron chi connectivity index (χ4n) is 3.46. The highest BCUT2D eigenvalue weighted by Gasteiger charge is 2.22. The molecule has 0 aliphatic carbocycles. The molecule has 0 bridgehead atoms. The lowest BCUT2D eigenvalue weighted by Crippen LogP contribution is -2.47. The van der Waals surface area contributed by atoms with Gasteiger partial charge in [0.2, 0.25) is 0 Å². The Morgan fingerprint density at radius 2 is 1.81 bits per heavy atom. The van der Waals surface area contributed by atoms with Crippen LogP contribution >= 0.6 is 0 Å². The van der Waals surface area contributed by atoms with Crippen molar-refractivity contribution in [2.45, 2.75) is 13.8 Å². The number of nitrogens with zero attached hydrogens (tertiary/aromatic N) is 8. The molecule has 0 amide bonds. The Bertz CT molecular complexity index is 1090. The first-order valence-electron chi connectivity index (χ1n) is 8.67. The average molecular weight is 349 g/mol. The molecule has 1 aliphatic rings. The molecule has 4 aromatic rings. The highest BCUT2D eigenvalue weighted by molar-refractivity contribution is 5.86. The zero-order chi connectivity index (χ0) is 17.7. The quantitative estimate of drug-likeness (QED) is 0.584. The molecular weight excluding hydrogens is 330 g/mol. The Balaban J connectivity index is 1.39. The van der Waals surface area contributed by atoms with Crippen LogP contribution in [0.15, 0.2) is 24.7 Å². The molecule has 0 aromatic carbocycles. The van der Waals surface area contributed by atoms with E-state index in [1.807, 2.05) is 17.5 Å². The molecule has 5 heterocycles. The topological polar surface area (TPSA) is 91.1 Å². The summed E-state index contributed by atoms with van der Waals surface area (Å²) in [6, 6.07) is 4.09. The van der Waals surface area contributed by atoms with Crippen molar-refractivity contribution in [2.75, 3.05) is 36.0 Å². The largest absolute Gasteiger partial charge is 0.352 e. The van der Waals surface area contributed by atoms with E-state index in [0.29, 0.717) is 0 Å². The molecular formula is C17H19N9. The monoisotopic (exact) mass is 349 g/mol.